The van der Waals surface area contributed by atoms with E-state index in [1.54, 1.807) is 12.4 Å². The van der Waals surface area contributed by atoms with Crippen molar-refractivity contribution in [3.05, 3.63) is 96.6 Å². The fourth-order valence-corrected chi connectivity index (χ4v) is 3.44. The molecule has 4 aromatic rings. The molecule has 0 radical (unpaired) electrons. The van der Waals surface area contributed by atoms with Crippen LogP contribution in [-0.2, 0) is 7.47 Å². The molecule has 0 N–H and O–H groups in total. The summed E-state index contributed by atoms with van der Waals surface area (Å²) in [6.07, 6.45) is 3.53. The molecule has 8 heteroatoms. The lowest BCUT2D eigenvalue weighted by Crippen LogP contribution is -2.02. The number of hydrogen-bond acceptors (Lipinski definition) is 4. The maximum Gasteiger partial charge on any atom is 0.176 e. The molecule has 4 aromatic heterocycles. The number of pyridine rings is 4. The van der Waals surface area contributed by atoms with E-state index in [0.29, 0.717) is 0 Å². The zero-order chi connectivity index (χ0) is 21.4. The van der Waals surface area contributed by atoms with Crippen molar-refractivity contribution in [3.8, 4) is 22.8 Å². The van der Waals surface area contributed by atoms with Gasteiger partial charge in [-0.05, 0) is 48.5 Å². The number of hydrogen-bond donors (Lipinski definition) is 0. The summed E-state index contributed by atoms with van der Waals surface area (Å²) in [5.41, 5.74) is 5.41. The zero-order valence-corrected chi connectivity index (χ0v) is 21.9. The topological polar surface area (TPSA) is 51.6 Å². The highest BCUT2D eigenvalue weighted by atomic mass is 80.0. The van der Waals surface area contributed by atoms with Crippen LogP contribution in [0.2, 0.25) is 0 Å². The molecular formula is C22H16Br4N4. The van der Waals surface area contributed by atoms with Gasteiger partial charge in [-0.1, -0.05) is 88.0 Å². The molecule has 0 aromatic carbocycles. The predicted octanol–water partition coefficient (Wildman–Crippen LogP) is 7.48. The average Bonchev–Trinajstić information content (AvgIpc) is 2.80. The van der Waals surface area contributed by atoms with Gasteiger partial charge in [0, 0.05) is 17.7 Å². The normalized spacial score (nSPS) is 10.8. The van der Waals surface area contributed by atoms with Gasteiger partial charge in [0.05, 0.1) is 34.2 Å². The number of alkyl halides is 4. The Morgan fingerprint density at radius 3 is 1.63 bits per heavy atom. The standard InChI is InChI=1S/C11H7Br3N2.C11H9BrN2/c12-11(13,14)10-6-3-5-9(16-10)8-4-1-2-7-15-8;12-8-9-4-3-6-11(14-9)10-5-1-2-7-13-10/h1-7H;1-7H,8H2. The number of rotatable bonds is 3. The Labute approximate surface area is 209 Å². The van der Waals surface area contributed by atoms with E-state index in [1.165, 1.54) is 0 Å². The summed E-state index contributed by atoms with van der Waals surface area (Å²) >= 11 is 13.7. The van der Waals surface area contributed by atoms with Crippen LogP contribution in [0.1, 0.15) is 11.4 Å². The smallest absolute Gasteiger partial charge is 0.176 e. The summed E-state index contributed by atoms with van der Waals surface area (Å²) in [6.45, 7) is 0. The van der Waals surface area contributed by atoms with E-state index in [9.17, 15) is 0 Å². The van der Waals surface area contributed by atoms with Crippen LogP contribution in [0.3, 0.4) is 0 Å². The van der Waals surface area contributed by atoms with Gasteiger partial charge in [0.2, 0.25) is 0 Å². The van der Waals surface area contributed by atoms with Crippen molar-refractivity contribution in [3.63, 3.8) is 0 Å². The lowest BCUT2D eigenvalue weighted by molar-refractivity contribution is 1.14. The number of halogens is 4. The second-order valence-electron chi connectivity index (χ2n) is 5.98. The summed E-state index contributed by atoms with van der Waals surface area (Å²) in [7, 11) is 0. The van der Waals surface area contributed by atoms with E-state index < -0.39 is 2.14 Å². The minimum absolute atomic E-state index is 0.488. The van der Waals surface area contributed by atoms with Gasteiger partial charge in [-0.25, -0.2) is 4.98 Å². The van der Waals surface area contributed by atoms with Gasteiger partial charge < -0.3 is 0 Å². The SMILES string of the molecule is BrC(Br)(Br)c1cccc(-c2ccccn2)n1.BrCc1cccc(-c2ccccn2)n1. The van der Waals surface area contributed by atoms with Gasteiger partial charge in [-0.15, -0.1) is 0 Å². The van der Waals surface area contributed by atoms with E-state index in [2.05, 4.69) is 83.7 Å². The summed E-state index contributed by atoms with van der Waals surface area (Å²) in [4.78, 5) is 17.5. The quantitative estimate of drug-likeness (QED) is 0.215. The van der Waals surface area contributed by atoms with Gasteiger partial charge in [-0.2, -0.15) is 0 Å². The zero-order valence-electron chi connectivity index (χ0n) is 15.6. The first-order valence-corrected chi connectivity index (χ1v) is 12.4. The maximum atomic E-state index is 4.51. The monoisotopic (exact) mass is 652 g/mol. The average molecular weight is 656 g/mol. The highest BCUT2D eigenvalue weighted by molar-refractivity contribution is 9.38. The summed E-state index contributed by atoms with van der Waals surface area (Å²) in [5, 5.41) is 0.772. The van der Waals surface area contributed by atoms with Crippen molar-refractivity contribution in [1.29, 1.82) is 0 Å². The van der Waals surface area contributed by atoms with Crippen molar-refractivity contribution in [2.24, 2.45) is 0 Å². The lowest BCUT2D eigenvalue weighted by atomic mass is 10.2. The first-order chi connectivity index (χ1) is 14.5. The highest BCUT2D eigenvalue weighted by Gasteiger charge is 2.22. The van der Waals surface area contributed by atoms with E-state index in [4.69, 9.17) is 0 Å². The van der Waals surface area contributed by atoms with Crippen LogP contribution < -0.4 is 0 Å². The van der Waals surface area contributed by atoms with Crippen LogP contribution in [0, 0.1) is 0 Å². The molecule has 0 spiro atoms. The summed E-state index contributed by atoms with van der Waals surface area (Å²) in [5.74, 6) is 0. The van der Waals surface area contributed by atoms with E-state index in [-0.39, 0.29) is 0 Å². The van der Waals surface area contributed by atoms with Gasteiger partial charge in [-0.3, -0.25) is 15.0 Å². The van der Waals surface area contributed by atoms with Crippen LogP contribution in [0.15, 0.2) is 85.2 Å². The first-order valence-electron chi connectivity index (χ1n) is 8.86. The Kier molecular flexibility index (Phi) is 8.68. The minimum Gasteiger partial charge on any atom is -0.255 e. The molecule has 0 saturated heterocycles. The molecule has 0 unspecified atom stereocenters. The second-order valence-corrected chi connectivity index (χ2v) is 13.3. The molecule has 4 heterocycles. The van der Waals surface area contributed by atoms with Crippen molar-refractivity contribution in [1.82, 2.24) is 19.9 Å². The Bertz CT molecular complexity index is 1070. The Morgan fingerprint density at radius 2 is 1.13 bits per heavy atom. The first kappa shape index (κ1) is 23.2. The Hall–Kier alpha value is -1.48. The molecule has 0 amide bonds. The molecule has 0 aliphatic rings. The third-order valence-electron chi connectivity index (χ3n) is 3.84. The molecule has 30 heavy (non-hydrogen) atoms. The van der Waals surface area contributed by atoms with Crippen molar-refractivity contribution < 1.29 is 0 Å². The molecule has 0 bridgehead atoms. The molecule has 0 saturated carbocycles. The fraction of sp³-hybridized carbons (Fsp3) is 0.0909. The molecule has 0 aliphatic heterocycles. The molecule has 152 valence electrons. The fourth-order valence-electron chi connectivity index (χ4n) is 2.46. The molecular weight excluding hydrogens is 640 g/mol. The van der Waals surface area contributed by atoms with E-state index >= 15 is 0 Å². The lowest BCUT2D eigenvalue weighted by Gasteiger charge is -2.12. The third-order valence-corrected chi connectivity index (χ3v) is 5.63. The largest absolute Gasteiger partial charge is 0.255 e. The van der Waals surface area contributed by atoms with Crippen molar-refractivity contribution in [2.75, 3.05) is 0 Å². The predicted molar refractivity (Wildman–Crippen MR) is 136 cm³/mol. The van der Waals surface area contributed by atoms with Crippen LogP contribution >= 0.6 is 63.7 Å². The van der Waals surface area contributed by atoms with E-state index in [1.807, 2.05) is 72.8 Å². The summed E-state index contributed by atoms with van der Waals surface area (Å²) < 4.78 is -0.488. The molecule has 4 nitrogen and oxygen atoms in total. The number of aromatic nitrogens is 4. The molecule has 0 atom stereocenters. The highest BCUT2D eigenvalue weighted by Crippen LogP contribution is 2.43. The minimum atomic E-state index is -0.488. The molecule has 0 aliphatic carbocycles. The Balaban J connectivity index is 0.000000172. The van der Waals surface area contributed by atoms with Crippen LogP contribution in [0.25, 0.3) is 22.8 Å². The second kappa shape index (κ2) is 11.2. The van der Waals surface area contributed by atoms with Gasteiger partial charge in [0.15, 0.2) is 2.14 Å². The Morgan fingerprint density at radius 1 is 0.600 bits per heavy atom. The molecule has 0 fully saturated rings. The maximum absolute atomic E-state index is 4.51. The van der Waals surface area contributed by atoms with Crippen LogP contribution in [0.5, 0.6) is 0 Å². The van der Waals surface area contributed by atoms with Crippen LogP contribution in [-0.4, -0.2) is 19.9 Å². The third kappa shape index (κ3) is 6.77. The molecule has 4 rings (SSSR count). The van der Waals surface area contributed by atoms with Crippen molar-refractivity contribution >= 4 is 63.7 Å². The van der Waals surface area contributed by atoms with Crippen molar-refractivity contribution in [2.45, 2.75) is 7.47 Å². The van der Waals surface area contributed by atoms with Gasteiger partial charge in [0.1, 0.15) is 0 Å². The van der Waals surface area contributed by atoms with Crippen LogP contribution in [0.4, 0.5) is 0 Å². The summed E-state index contributed by atoms with van der Waals surface area (Å²) in [6, 6.07) is 23.3. The van der Waals surface area contributed by atoms with Gasteiger partial charge >= 0.3 is 0 Å². The van der Waals surface area contributed by atoms with E-state index in [0.717, 1.165) is 39.5 Å². The van der Waals surface area contributed by atoms with Gasteiger partial charge in [0.25, 0.3) is 0 Å². The number of nitrogens with zero attached hydrogens (tertiary/aromatic N) is 4.